The predicted octanol–water partition coefficient (Wildman–Crippen LogP) is 3.63. The fraction of sp³-hybridized carbons (Fsp3) is 0.238. The number of nitrogens with zero attached hydrogens (tertiary/aromatic N) is 2. The summed E-state index contributed by atoms with van der Waals surface area (Å²) in [7, 11) is 0. The Bertz CT molecular complexity index is 1120. The van der Waals surface area contributed by atoms with Crippen molar-refractivity contribution in [2.75, 3.05) is 16.8 Å². The first-order valence-corrected chi connectivity index (χ1v) is 9.40. The van der Waals surface area contributed by atoms with E-state index in [1.165, 1.54) is 6.07 Å². The van der Waals surface area contributed by atoms with E-state index >= 15 is 0 Å². The number of benzene rings is 2. The molecule has 148 valence electrons. The maximum absolute atomic E-state index is 12.2. The highest BCUT2D eigenvalue weighted by atomic mass is 16.6. The molecule has 1 atom stereocenters. The third-order valence-electron chi connectivity index (χ3n) is 5.19. The summed E-state index contributed by atoms with van der Waals surface area (Å²) in [5.74, 6) is -1.07. The molecule has 0 radical (unpaired) electrons. The average molecular weight is 392 g/mol. The summed E-state index contributed by atoms with van der Waals surface area (Å²) in [6.07, 6.45) is 2.75. The fourth-order valence-electron chi connectivity index (χ4n) is 3.68. The van der Waals surface area contributed by atoms with Gasteiger partial charge < -0.3 is 10.3 Å². The first-order chi connectivity index (χ1) is 14.0. The Morgan fingerprint density at radius 3 is 2.76 bits per heavy atom. The number of fused-ring (bicyclic) bond motifs is 1. The van der Waals surface area contributed by atoms with E-state index in [1.807, 2.05) is 30.5 Å². The molecule has 0 bridgehead atoms. The summed E-state index contributed by atoms with van der Waals surface area (Å²) in [6.45, 7) is 2.18. The number of carbonyl (C=O) groups excluding carboxylic acids is 2. The van der Waals surface area contributed by atoms with Crippen molar-refractivity contribution in [2.24, 2.45) is 5.92 Å². The molecule has 1 fully saturated rings. The topological polar surface area (TPSA) is 108 Å². The van der Waals surface area contributed by atoms with Crippen molar-refractivity contribution in [1.82, 2.24) is 4.98 Å². The van der Waals surface area contributed by atoms with Gasteiger partial charge in [-0.15, -0.1) is 0 Å². The van der Waals surface area contributed by atoms with Crippen LogP contribution in [-0.2, 0) is 16.0 Å². The Morgan fingerprint density at radius 2 is 2.03 bits per heavy atom. The van der Waals surface area contributed by atoms with Crippen LogP contribution in [0.15, 0.2) is 48.7 Å². The molecular weight excluding hydrogens is 372 g/mol. The zero-order valence-electron chi connectivity index (χ0n) is 15.8. The van der Waals surface area contributed by atoms with Gasteiger partial charge in [-0.2, -0.15) is 0 Å². The Kier molecular flexibility index (Phi) is 4.75. The number of nitrogens with one attached hydrogen (secondary N) is 2. The minimum Gasteiger partial charge on any atom is -0.379 e. The molecule has 2 N–H and O–H groups in total. The lowest BCUT2D eigenvalue weighted by atomic mass is 10.1. The molecule has 0 saturated carbocycles. The summed E-state index contributed by atoms with van der Waals surface area (Å²) in [5.41, 5.74) is 2.59. The number of H-pyrrole nitrogens is 1. The summed E-state index contributed by atoms with van der Waals surface area (Å²) in [4.78, 5) is 39.6. The fourth-order valence-corrected chi connectivity index (χ4v) is 3.68. The van der Waals surface area contributed by atoms with E-state index in [4.69, 9.17) is 0 Å². The highest BCUT2D eigenvalue weighted by Gasteiger charge is 2.37. The summed E-state index contributed by atoms with van der Waals surface area (Å²) < 4.78 is 0. The van der Waals surface area contributed by atoms with Gasteiger partial charge in [0.1, 0.15) is 5.69 Å². The van der Waals surface area contributed by atoms with E-state index < -0.39 is 10.8 Å². The smallest absolute Gasteiger partial charge is 0.294 e. The second-order valence-corrected chi connectivity index (χ2v) is 7.17. The summed E-state index contributed by atoms with van der Waals surface area (Å²) in [5, 5.41) is 15.8. The van der Waals surface area contributed by atoms with Gasteiger partial charge in [-0.1, -0.05) is 25.1 Å². The van der Waals surface area contributed by atoms with Crippen molar-refractivity contribution in [2.45, 2.75) is 19.8 Å². The van der Waals surface area contributed by atoms with Crippen LogP contribution in [0.5, 0.6) is 0 Å². The highest BCUT2D eigenvalue weighted by molar-refractivity contribution is 6.21. The van der Waals surface area contributed by atoms with Crippen LogP contribution in [0.3, 0.4) is 0 Å². The molecule has 1 aliphatic rings. The molecule has 8 nitrogen and oxygen atoms in total. The Balaban J connectivity index is 1.52. The van der Waals surface area contributed by atoms with E-state index in [9.17, 15) is 19.7 Å². The first kappa shape index (κ1) is 18.7. The van der Waals surface area contributed by atoms with Crippen LogP contribution in [0, 0.1) is 16.0 Å². The Morgan fingerprint density at radius 1 is 1.24 bits per heavy atom. The third kappa shape index (κ3) is 3.44. The molecule has 1 saturated heterocycles. The van der Waals surface area contributed by atoms with Crippen molar-refractivity contribution in [1.29, 1.82) is 0 Å². The molecule has 29 heavy (non-hydrogen) atoms. The molecule has 4 rings (SSSR count). The number of para-hydroxylation sites is 1. The normalized spacial score (nSPS) is 16.6. The molecule has 1 unspecified atom stereocenters. The molecular formula is C21H20N4O4. The second kappa shape index (κ2) is 7.38. The molecule has 0 spiro atoms. The molecule has 2 heterocycles. The largest absolute Gasteiger partial charge is 0.379 e. The standard InChI is InChI=1S/C21H20N4O4/c1-13-10-20(26)24(21(13)27)15-6-7-18(19(11-15)25(28)29)22-9-8-14-12-23-17-5-3-2-4-16(14)17/h2-7,11-13,22-23H,8-10H2,1H3. The van der Waals surface area contributed by atoms with Gasteiger partial charge in [-0.3, -0.25) is 24.6 Å². The van der Waals surface area contributed by atoms with Gasteiger partial charge in [0, 0.05) is 42.0 Å². The van der Waals surface area contributed by atoms with Crippen LogP contribution in [0.1, 0.15) is 18.9 Å². The van der Waals surface area contributed by atoms with Gasteiger partial charge >= 0.3 is 0 Å². The molecule has 2 amide bonds. The minimum absolute atomic E-state index is 0.122. The molecule has 3 aromatic rings. The van der Waals surface area contributed by atoms with Crippen molar-refractivity contribution >= 4 is 39.8 Å². The number of anilines is 2. The van der Waals surface area contributed by atoms with Crippen LogP contribution in [-0.4, -0.2) is 28.3 Å². The van der Waals surface area contributed by atoms with Gasteiger partial charge in [0.05, 0.1) is 10.6 Å². The first-order valence-electron chi connectivity index (χ1n) is 9.40. The van der Waals surface area contributed by atoms with Gasteiger partial charge in [-0.05, 0) is 30.2 Å². The zero-order valence-corrected chi connectivity index (χ0v) is 15.8. The van der Waals surface area contributed by atoms with Crippen molar-refractivity contribution in [3.8, 4) is 0 Å². The van der Waals surface area contributed by atoms with E-state index in [0.29, 0.717) is 18.7 Å². The summed E-state index contributed by atoms with van der Waals surface area (Å²) >= 11 is 0. The van der Waals surface area contributed by atoms with E-state index in [-0.39, 0.29) is 29.6 Å². The van der Waals surface area contributed by atoms with Gasteiger partial charge in [0.15, 0.2) is 0 Å². The number of imide groups is 1. The van der Waals surface area contributed by atoms with Crippen LogP contribution < -0.4 is 10.2 Å². The number of nitro benzene ring substituents is 1. The third-order valence-corrected chi connectivity index (χ3v) is 5.19. The van der Waals surface area contributed by atoms with Crippen LogP contribution in [0.4, 0.5) is 17.1 Å². The molecule has 2 aromatic carbocycles. The quantitative estimate of drug-likeness (QED) is 0.378. The predicted molar refractivity (Wildman–Crippen MR) is 110 cm³/mol. The average Bonchev–Trinajstić information content (AvgIpc) is 3.22. The monoisotopic (exact) mass is 392 g/mol. The van der Waals surface area contributed by atoms with Crippen molar-refractivity contribution in [3.05, 3.63) is 64.3 Å². The Labute approximate surface area is 166 Å². The number of hydrogen-bond acceptors (Lipinski definition) is 5. The number of amides is 2. The Hall–Kier alpha value is -3.68. The SMILES string of the molecule is CC1CC(=O)N(c2ccc(NCCc3c[nH]c4ccccc34)c([N+](=O)[O-])c2)C1=O. The highest BCUT2D eigenvalue weighted by Crippen LogP contribution is 2.33. The number of hydrogen-bond donors (Lipinski definition) is 2. The van der Waals surface area contributed by atoms with E-state index in [1.54, 1.807) is 19.1 Å². The number of aromatic nitrogens is 1. The lowest BCUT2D eigenvalue weighted by Gasteiger charge is -2.15. The van der Waals surface area contributed by atoms with E-state index in [2.05, 4.69) is 10.3 Å². The van der Waals surface area contributed by atoms with Crippen LogP contribution in [0.25, 0.3) is 10.9 Å². The van der Waals surface area contributed by atoms with Crippen LogP contribution in [0.2, 0.25) is 0 Å². The number of carbonyl (C=O) groups is 2. The molecule has 8 heteroatoms. The molecule has 0 aliphatic carbocycles. The number of rotatable bonds is 6. The van der Waals surface area contributed by atoms with Crippen LogP contribution >= 0.6 is 0 Å². The van der Waals surface area contributed by atoms with Crippen molar-refractivity contribution < 1.29 is 14.5 Å². The lowest BCUT2D eigenvalue weighted by molar-refractivity contribution is -0.383. The summed E-state index contributed by atoms with van der Waals surface area (Å²) in [6, 6.07) is 12.4. The maximum Gasteiger partial charge on any atom is 0.294 e. The number of nitro groups is 1. The van der Waals surface area contributed by atoms with E-state index in [0.717, 1.165) is 21.4 Å². The number of aromatic amines is 1. The zero-order chi connectivity index (χ0) is 20.5. The van der Waals surface area contributed by atoms with Gasteiger partial charge in [0.25, 0.3) is 5.69 Å². The molecule has 1 aliphatic heterocycles. The minimum atomic E-state index is -0.508. The molecule has 1 aromatic heterocycles. The second-order valence-electron chi connectivity index (χ2n) is 7.17. The van der Waals surface area contributed by atoms with Gasteiger partial charge in [-0.25, -0.2) is 0 Å². The lowest BCUT2D eigenvalue weighted by Crippen LogP contribution is -2.30. The maximum atomic E-state index is 12.2. The van der Waals surface area contributed by atoms with Crippen molar-refractivity contribution in [3.63, 3.8) is 0 Å². The van der Waals surface area contributed by atoms with Gasteiger partial charge in [0.2, 0.25) is 11.8 Å².